The Labute approximate surface area is 152 Å². The number of H-pyrrole nitrogens is 1. The number of hydrogen-bond acceptors (Lipinski definition) is 6. The van der Waals surface area contributed by atoms with E-state index in [0.717, 1.165) is 53.9 Å². The molecule has 0 spiro atoms. The van der Waals surface area contributed by atoms with Crippen molar-refractivity contribution in [3.63, 3.8) is 0 Å². The van der Waals surface area contributed by atoms with Gasteiger partial charge in [0.05, 0.1) is 22.4 Å². The highest BCUT2D eigenvalue weighted by Gasteiger charge is 2.37. The summed E-state index contributed by atoms with van der Waals surface area (Å²) in [5.74, 6) is 0. The van der Waals surface area contributed by atoms with E-state index in [1.54, 1.807) is 6.20 Å². The van der Waals surface area contributed by atoms with E-state index >= 15 is 0 Å². The molecule has 0 amide bonds. The van der Waals surface area contributed by atoms with Gasteiger partial charge in [-0.25, -0.2) is 4.98 Å². The van der Waals surface area contributed by atoms with E-state index in [0.29, 0.717) is 6.04 Å². The van der Waals surface area contributed by atoms with Gasteiger partial charge in [0.2, 0.25) is 0 Å². The number of rotatable bonds is 4. The van der Waals surface area contributed by atoms with Crippen LogP contribution in [0.5, 0.6) is 0 Å². The quantitative estimate of drug-likeness (QED) is 0.624. The number of pyridine rings is 1. The van der Waals surface area contributed by atoms with Crippen molar-refractivity contribution in [1.29, 1.82) is 0 Å². The molecular weight excluding hydrogens is 326 g/mol. The Balaban J connectivity index is 1.55. The number of hydrogen-bond donors (Lipinski definition) is 3. The normalized spacial score (nSPS) is 23.5. The summed E-state index contributed by atoms with van der Waals surface area (Å²) in [6.45, 7) is 1.79. The molecule has 7 heteroatoms. The maximum absolute atomic E-state index is 6.70. The lowest BCUT2D eigenvalue weighted by Crippen LogP contribution is -2.63. The number of nitrogens with two attached hydrogens (primary N) is 1. The first-order valence-corrected chi connectivity index (χ1v) is 9.28. The van der Waals surface area contributed by atoms with Gasteiger partial charge in [-0.15, -0.1) is 0 Å². The Morgan fingerprint density at radius 1 is 1.27 bits per heavy atom. The van der Waals surface area contributed by atoms with Crippen LogP contribution in [0.15, 0.2) is 36.8 Å². The average Bonchev–Trinajstić information content (AvgIpc) is 3.35. The lowest BCUT2D eigenvalue weighted by Gasteiger charge is -2.42. The molecule has 3 aromatic rings. The highest BCUT2D eigenvalue weighted by molar-refractivity contribution is 6.01. The molecular formula is C19H23N7. The first-order chi connectivity index (χ1) is 12.7. The van der Waals surface area contributed by atoms with Crippen LogP contribution < -0.4 is 16.0 Å². The minimum absolute atomic E-state index is 0.321. The first-order valence-electron chi connectivity index (χ1n) is 9.28. The number of nitrogens with zero attached hydrogens (tertiary/aromatic N) is 4. The number of anilines is 1. The third-order valence-electron chi connectivity index (χ3n) is 5.33. The number of nitrogens with one attached hydrogen (secondary N) is 2. The van der Waals surface area contributed by atoms with Gasteiger partial charge in [0.25, 0.3) is 0 Å². The topological polar surface area (TPSA) is 95.8 Å². The molecule has 0 radical (unpaired) electrons. The minimum atomic E-state index is -0.321. The van der Waals surface area contributed by atoms with Crippen molar-refractivity contribution < 1.29 is 0 Å². The van der Waals surface area contributed by atoms with Crippen molar-refractivity contribution in [3.05, 3.63) is 36.8 Å². The second-order valence-electron chi connectivity index (χ2n) is 7.46. The van der Waals surface area contributed by atoms with Crippen molar-refractivity contribution in [3.8, 4) is 11.3 Å². The molecule has 0 unspecified atom stereocenters. The highest BCUT2D eigenvalue weighted by Crippen LogP contribution is 2.36. The summed E-state index contributed by atoms with van der Waals surface area (Å²) in [4.78, 5) is 10.2. The molecule has 1 aliphatic heterocycles. The fourth-order valence-electron chi connectivity index (χ4n) is 3.99. The van der Waals surface area contributed by atoms with Gasteiger partial charge in [-0.05, 0) is 43.9 Å². The molecule has 1 saturated carbocycles. The van der Waals surface area contributed by atoms with Crippen LogP contribution in [-0.4, -0.2) is 45.0 Å². The lowest BCUT2D eigenvalue weighted by molar-refractivity contribution is 0.276. The Bertz CT molecular complexity index is 918. The van der Waals surface area contributed by atoms with Gasteiger partial charge >= 0.3 is 0 Å². The second kappa shape index (κ2) is 6.03. The summed E-state index contributed by atoms with van der Waals surface area (Å²) >= 11 is 0. The third-order valence-corrected chi connectivity index (χ3v) is 5.33. The largest absolute Gasteiger partial charge is 0.368 e. The van der Waals surface area contributed by atoms with Gasteiger partial charge < -0.3 is 15.6 Å². The molecule has 0 aromatic carbocycles. The zero-order valence-corrected chi connectivity index (χ0v) is 14.7. The zero-order valence-electron chi connectivity index (χ0n) is 14.7. The molecule has 1 atom stereocenters. The number of aromatic amines is 1. The van der Waals surface area contributed by atoms with Crippen molar-refractivity contribution in [2.45, 2.75) is 37.4 Å². The third kappa shape index (κ3) is 2.83. The Morgan fingerprint density at radius 3 is 3.00 bits per heavy atom. The molecule has 2 fully saturated rings. The van der Waals surface area contributed by atoms with Crippen LogP contribution in [0, 0.1) is 0 Å². The first kappa shape index (κ1) is 15.7. The summed E-state index contributed by atoms with van der Waals surface area (Å²) in [6, 6.07) is 6.56. The van der Waals surface area contributed by atoms with E-state index in [1.165, 1.54) is 12.8 Å². The summed E-state index contributed by atoms with van der Waals surface area (Å²) in [5.41, 5.74) is 10.3. The van der Waals surface area contributed by atoms with Gasteiger partial charge in [-0.3, -0.25) is 5.32 Å². The van der Waals surface area contributed by atoms with Crippen LogP contribution in [0.3, 0.4) is 0 Å². The van der Waals surface area contributed by atoms with Crippen LogP contribution in [0.25, 0.3) is 22.3 Å². The Hall–Kier alpha value is -2.51. The van der Waals surface area contributed by atoms with E-state index in [4.69, 9.17) is 5.73 Å². The van der Waals surface area contributed by atoms with E-state index in [-0.39, 0.29) is 5.66 Å². The molecule has 0 bridgehead atoms. The molecule has 2 aliphatic rings. The van der Waals surface area contributed by atoms with Crippen molar-refractivity contribution >= 4 is 16.7 Å². The van der Waals surface area contributed by atoms with Gasteiger partial charge in [-0.1, -0.05) is 0 Å². The van der Waals surface area contributed by atoms with Crippen LogP contribution in [0.1, 0.15) is 25.7 Å². The van der Waals surface area contributed by atoms with Gasteiger partial charge in [0.15, 0.2) is 0 Å². The van der Waals surface area contributed by atoms with Crippen molar-refractivity contribution in [1.82, 2.24) is 25.5 Å². The Morgan fingerprint density at radius 2 is 2.19 bits per heavy atom. The summed E-state index contributed by atoms with van der Waals surface area (Å²) in [6.07, 6.45) is 10.1. The molecule has 3 aromatic heterocycles. The fraction of sp³-hybridized carbons (Fsp3) is 0.421. The van der Waals surface area contributed by atoms with Crippen molar-refractivity contribution in [2.75, 3.05) is 18.0 Å². The smallest absolute Gasteiger partial charge is 0.140 e. The molecule has 1 saturated heterocycles. The molecule has 4 heterocycles. The summed E-state index contributed by atoms with van der Waals surface area (Å²) in [5, 5.41) is 13.0. The van der Waals surface area contributed by atoms with E-state index < -0.39 is 0 Å². The summed E-state index contributed by atoms with van der Waals surface area (Å²) < 4.78 is 0. The maximum Gasteiger partial charge on any atom is 0.140 e. The molecule has 1 aliphatic carbocycles. The van der Waals surface area contributed by atoms with Crippen LogP contribution in [-0.2, 0) is 0 Å². The monoisotopic (exact) mass is 349 g/mol. The predicted molar refractivity (Wildman–Crippen MR) is 102 cm³/mol. The number of aromatic nitrogens is 4. The standard InChI is InChI=1S/C19H23N7/c20-19(24-13-4-5-13)7-2-10-26(12-19)16-6-9-21-18-17(16)14(11-22-18)15-3-1-8-23-25-15/h1,3,6,8-9,11,13,24H,2,4-5,7,10,12,20H2,(H,21,22)/t19-/m0/s1. The second-order valence-corrected chi connectivity index (χ2v) is 7.46. The van der Waals surface area contributed by atoms with Gasteiger partial charge in [0.1, 0.15) is 5.65 Å². The number of fused-ring (bicyclic) bond motifs is 1. The fourth-order valence-corrected chi connectivity index (χ4v) is 3.99. The van der Waals surface area contributed by atoms with Crippen LogP contribution in [0.2, 0.25) is 0 Å². The summed E-state index contributed by atoms with van der Waals surface area (Å²) in [7, 11) is 0. The maximum atomic E-state index is 6.70. The molecule has 5 rings (SSSR count). The van der Waals surface area contributed by atoms with Crippen LogP contribution >= 0.6 is 0 Å². The van der Waals surface area contributed by atoms with Gasteiger partial charge in [0, 0.05) is 43.3 Å². The van der Waals surface area contributed by atoms with E-state index in [1.807, 2.05) is 24.5 Å². The van der Waals surface area contributed by atoms with Crippen LogP contribution in [0.4, 0.5) is 5.69 Å². The number of piperidine rings is 1. The van der Waals surface area contributed by atoms with Crippen molar-refractivity contribution in [2.24, 2.45) is 5.73 Å². The van der Waals surface area contributed by atoms with E-state index in [2.05, 4.69) is 36.4 Å². The molecule has 134 valence electrons. The molecule has 7 nitrogen and oxygen atoms in total. The SMILES string of the molecule is N[C@]1(NC2CC2)CCCN(c2ccnc3[nH]cc(-c4cccnn4)c23)C1. The minimum Gasteiger partial charge on any atom is -0.368 e. The lowest BCUT2D eigenvalue weighted by atomic mass is 9.97. The molecule has 4 N–H and O–H groups in total. The van der Waals surface area contributed by atoms with Gasteiger partial charge in [-0.2, -0.15) is 10.2 Å². The van der Waals surface area contributed by atoms with E-state index in [9.17, 15) is 0 Å². The highest BCUT2D eigenvalue weighted by atomic mass is 15.3. The predicted octanol–water partition coefficient (Wildman–Crippen LogP) is 2.03. The molecule has 26 heavy (non-hydrogen) atoms. The average molecular weight is 349 g/mol. The Kier molecular flexibility index (Phi) is 3.65. The zero-order chi connectivity index (χ0) is 17.6.